The highest BCUT2D eigenvalue weighted by Crippen LogP contribution is 2.22. The van der Waals surface area contributed by atoms with E-state index in [9.17, 15) is 9.90 Å². The molecule has 3 rings (SSSR count). The molecule has 0 spiro atoms. The molecule has 3 aromatic rings. The predicted octanol–water partition coefficient (Wildman–Crippen LogP) is 2.06. The largest absolute Gasteiger partial charge is 0.383 e. The van der Waals surface area contributed by atoms with Gasteiger partial charge in [-0.2, -0.15) is 5.10 Å². The van der Waals surface area contributed by atoms with Gasteiger partial charge in [0.05, 0.1) is 12.7 Å². The van der Waals surface area contributed by atoms with E-state index in [2.05, 4.69) is 10.4 Å². The Morgan fingerprint density at radius 1 is 1.20 bits per heavy atom. The maximum absolute atomic E-state index is 12.5. The van der Waals surface area contributed by atoms with Crippen LogP contribution in [0.1, 0.15) is 23.0 Å². The molecule has 0 saturated heterocycles. The standard InChI is InChI=1S/C19H22N4O2/c1-19(25,15-11-21-22(2)12-15)13-20-18(24)17-10-9-16(23(17)3)14-7-5-4-6-8-14/h4-12,25H,13H2,1-3H3,(H,20,24)/t19-/m0/s1. The molecular formula is C19H22N4O2. The summed E-state index contributed by atoms with van der Waals surface area (Å²) >= 11 is 0. The average molecular weight is 338 g/mol. The Morgan fingerprint density at radius 2 is 1.92 bits per heavy atom. The average Bonchev–Trinajstić information content (AvgIpc) is 3.20. The van der Waals surface area contributed by atoms with Crippen LogP contribution >= 0.6 is 0 Å². The minimum atomic E-state index is -1.18. The molecule has 2 N–H and O–H groups in total. The van der Waals surface area contributed by atoms with Gasteiger partial charge in [0.15, 0.2) is 0 Å². The quantitative estimate of drug-likeness (QED) is 0.748. The Morgan fingerprint density at radius 3 is 2.56 bits per heavy atom. The van der Waals surface area contributed by atoms with Crippen LogP contribution in [-0.4, -0.2) is 31.9 Å². The number of nitrogens with zero attached hydrogens (tertiary/aromatic N) is 3. The third kappa shape index (κ3) is 3.49. The van der Waals surface area contributed by atoms with Crippen LogP contribution in [-0.2, 0) is 19.7 Å². The van der Waals surface area contributed by atoms with Crippen molar-refractivity contribution < 1.29 is 9.90 Å². The van der Waals surface area contributed by atoms with Crippen LogP contribution in [0.15, 0.2) is 54.9 Å². The third-order valence-electron chi connectivity index (χ3n) is 4.34. The molecule has 0 radical (unpaired) electrons. The normalized spacial score (nSPS) is 13.4. The van der Waals surface area contributed by atoms with Crippen LogP contribution in [0.25, 0.3) is 11.3 Å². The van der Waals surface area contributed by atoms with E-state index in [0.717, 1.165) is 11.3 Å². The van der Waals surface area contributed by atoms with Crippen molar-refractivity contribution in [2.24, 2.45) is 14.1 Å². The van der Waals surface area contributed by atoms with Crippen molar-refractivity contribution >= 4 is 5.91 Å². The molecule has 0 aliphatic rings. The fourth-order valence-electron chi connectivity index (χ4n) is 2.78. The Bertz CT molecular complexity index is 878. The second-order valence-corrected chi connectivity index (χ2v) is 6.39. The molecule has 25 heavy (non-hydrogen) atoms. The summed E-state index contributed by atoms with van der Waals surface area (Å²) in [4.78, 5) is 12.5. The zero-order chi connectivity index (χ0) is 18.0. The first kappa shape index (κ1) is 17.0. The SMILES string of the molecule is Cn1cc([C@@](C)(O)CNC(=O)c2ccc(-c3ccccc3)n2C)cn1. The molecule has 130 valence electrons. The van der Waals surface area contributed by atoms with E-state index < -0.39 is 5.60 Å². The van der Waals surface area contributed by atoms with E-state index in [-0.39, 0.29) is 12.5 Å². The number of hydrogen-bond donors (Lipinski definition) is 2. The first-order valence-corrected chi connectivity index (χ1v) is 8.09. The van der Waals surface area contributed by atoms with Crippen molar-refractivity contribution in [1.29, 1.82) is 0 Å². The second-order valence-electron chi connectivity index (χ2n) is 6.39. The topological polar surface area (TPSA) is 72.1 Å². The molecule has 6 heteroatoms. The maximum atomic E-state index is 12.5. The van der Waals surface area contributed by atoms with Crippen LogP contribution in [0.3, 0.4) is 0 Å². The predicted molar refractivity (Wildman–Crippen MR) is 96.0 cm³/mol. The van der Waals surface area contributed by atoms with Gasteiger partial charge in [0.1, 0.15) is 11.3 Å². The first-order valence-electron chi connectivity index (χ1n) is 8.09. The Kier molecular flexibility index (Phi) is 4.46. The summed E-state index contributed by atoms with van der Waals surface area (Å²) in [6.45, 7) is 1.76. The maximum Gasteiger partial charge on any atom is 0.268 e. The summed E-state index contributed by atoms with van der Waals surface area (Å²) in [7, 11) is 3.64. The minimum absolute atomic E-state index is 0.101. The molecule has 0 fully saturated rings. The number of aryl methyl sites for hydroxylation is 1. The fourth-order valence-corrected chi connectivity index (χ4v) is 2.78. The van der Waals surface area contributed by atoms with Gasteiger partial charge in [0, 0.05) is 31.5 Å². The van der Waals surface area contributed by atoms with Gasteiger partial charge < -0.3 is 15.0 Å². The van der Waals surface area contributed by atoms with Gasteiger partial charge in [-0.3, -0.25) is 9.48 Å². The monoisotopic (exact) mass is 338 g/mol. The van der Waals surface area contributed by atoms with Crippen LogP contribution in [0, 0.1) is 0 Å². The van der Waals surface area contributed by atoms with Gasteiger partial charge in [-0.1, -0.05) is 30.3 Å². The molecule has 2 aromatic heterocycles. The Hall–Kier alpha value is -2.86. The molecule has 0 saturated carbocycles. The van der Waals surface area contributed by atoms with Crippen LogP contribution in [0.5, 0.6) is 0 Å². The van der Waals surface area contributed by atoms with Crippen molar-refractivity contribution in [2.75, 3.05) is 6.54 Å². The summed E-state index contributed by atoms with van der Waals surface area (Å²) in [5, 5.41) is 17.4. The van der Waals surface area contributed by atoms with E-state index in [0.29, 0.717) is 11.3 Å². The number of nitrogens with one attached hydrogen (secondary N) is 1. The summed E-state index contributed by atoms with van der Waals surface area (Å²) in [5.41, 5.74) is 2.03. The Balaban J connectivity index is 1.73. The van der Waals surface area contributed by atoms with E-state index in [1.54, 1.807) is 37.1 Å². The van der Waals surface area contributed by atoms with Crippen molar-refractivity contribution in [3.63, 3.8) is 0 Å². The van der Waals surface area contributed by atoms with E-state index >= 15 is 0 Å². The highest BCUT2D eigenvalue weighted by atomic mass is 16.3. The third-order valence-corrected chi connectivity index (χ3v) is 4.34. The number of aliphatic hydroxyl groups is 1. The van der Waals surface area contributed by atoms with Crippen LogP contribution < -0.4 is 5.32 Å². The summed E-state index contributed by atoms with van der Waals surface area (Å²) < 4.78 is 3.47. The van der Waals surface area contributed by atoms with E-state index in [1.807, 2.05) is 48.0 Å². The van der Waals surface area contributed by atoms with Gasteiger partial charge in [0.25, 0.3) is 5.91 Å². The molecule has 1 atom stereocenters. The summed E-state index contributed by atoms with van der Waals surface area (Å²) in [5.74, 6) is -0.228. The van der Waals surface area contributed by atoms with Gasteiger partial charge in [-0.15, -0.1) is 0 Å². The van der Waals surface area contributed by atoms with Crippen molar-refractivity contribution in [3.8, 4) is 11.3 Å². The van der Waals surface area contributed by atoms with E-state index in [4.69, 9.17) is 0 Å². The zero-order valence-corrected chi connectivity index (χ0v) is 14.6. The Labute approximate surface area is 146 Å². The number of benzene rings is 1. The van der Waals surface area contributed by atoms with Gasteiger partial charge in [0.2, 0.25) is 0 Å². The van der Waals surface area contributed by atoms with Crippen LogP contribution in [0.2, 0.25) is 0 Å². The number of carbonyl (C=O) groups excluding carboxylic acids is 1. The van der Waals surface area contributed by atoms with Gasteiger partial charge in [-0.25, -0.2) is 0 Å². The smallest absolute Gasteiger partial charge is 0.268 e. The molecule has 6 nitrogen and oxygen atoms in total. The number of carbonyl (C=O) groups is 1. The lowest BCUT2D eigenvalue weighted by Crippen LogP contribution is -2.39. The molecule has 0 bridgehead atoms. The number of hydrogen-bond acceptors (Lipinski definition) is 3. The molecule has 0 unspecified atom stereocenters. The molecule has 1 amide bonds. The highest BCUT2D eigenvalue weighted by molar-refractivity contribution is 5.93. The lowest BCUT2D eigenvalue weighted by molar-refractivity contribution is 0.0523. The summed E-state index contributed by atoms with van der Waals surface area (Å²) in [6, 6.07) is 13.6. The molecule has 2 heterocycles. The van der Waals surface area contributed by atoms with Crippen molar-refractivity contribution in [2.45, 2.75) is 12.5 Å². The molecule has 1 aromatic carbocycles. The first-order chi connectivity index (χ1) is 11.9. The second kappa shape index (κ2) is 6.57. The van der Waals surface area contributed by atoms with Crippen LogP contribution in [0.4, 0.5) is 0 Å². The van der Waals surface area contributed by atoms with Crippen molar-refractivity contribution in [3.05, 3.63) is 66.1 Å². The fraction of sp³-hybridized carbons (Fsp3) is 0.263. The van der Waals surface area contributed by atoms with E-state index in [1.165, 1.54) is 0 Å². The number of aromatic nitrogens is 3. The molecule has 0 aliphatic heterocycles. The lowest BCUT2D eigenvalue weighted by atomic mass is 10.00. The van der Waals surface area contributed by atoms with Gasteiger partial charge >= 0.3 is 0 Å². The summed E-state index contributed by atoms with van der Waals surface area (Å²) in [6.07, 6.45) is 3.34. The van der Waals surface area contributed by atoms with Gasteiger partial charge in [-0.05, 0) is 24.6 Å². The highest BCUT2D eigenvalue weighted by Gasteiger charge is 2.26. The minimum Gasteiger partial charge on any atom is -0.383 e. The zero-order valence-electron chi connectivity index (χ0n) is 14.6. The number of amides is 1. The molecular weight excluding hydrogens is 316 g/mol. The molecule has 0 aliphatic carbocycles. The lowest BCUT2D eigenvalue weighted by Gasteiger charge is -2.22. The van der Waals surface area contributed by atoms with Crippen molar-refractivity contribution in [1.82, 2.24) is 19.7 Å². The number of rotatable bonds is 5.